The zero-order chi connectivity index (χ0) is 17.4. The van der Waals surface area contributed by atoms with E-state index in [0.717, 1.165) is 62.9 Å². The number of nitrogens with zero attached hydrogens (tertiary/aromatic N) is 1. The highest BCUT2D eigenvalue weighted by atomic mass is 16.2. The van der Waals surface area contributed by atoms with E-state index in [1.807, 2.05) is 0 Å². The van der Waals surface area contributed by atoms with Crippen LogP contribution >= 0.6 is 0 Å². The van der Waals surface area contributed by atoms with Crippen molar-refractivity contribution in [2.75, 3.05) is 26.7 Å². The first-order chi connectivity index (χ1) is 12.0. The number of piperidine rings is 1. The number of carbonyl (C=O) groups is 2. The summed E-state index contributed by atoms with van der Waals surface area (Å²) in [4.78, 5) is 27.3. The van der Waals surface area contributed by atoms with Crippen LogP contribution in [0.2, 0.25) is 0 Å². The topological polar surface area (TPSA) is 61.4 Å². The van der Waals surface area contributed by atoms with Gasteiger partial charge in [-0.2, -0.15) is 0 Å². The summed E-state index contributed by atoms with van der Waals surface area (Å²) in [6, 6.07) is 0.308. The monoisotopic (exact) mass is 347 g/mol. The Morgan fingerprint density at radius 2 is 1.56 bits per heavy atom. The summed E-state index contributed by atoms with van der Waals surface area (Å²) in [7, 11) is 2.12. The van der Waals surface area contributed by atoms with Crippen molar-refractivity contribution in [3.05, 3.63) is 0 Å². The van der Waals surface area contributed by atoms with Gasteiger partial charge in [0.1, 0.15) is 0 Å². The second-order valence-electron chi connectivity index (χ2n) is 9.35. The first-order valence-electron chi connectivity index (χ1n) is 10.3. The molecular weight excluding hydrogens is 314 g/mol. The van der Waals surface area contributed by atoms with Crippen molar-refractivity contribution in [3.8, 4) is 0 Å². The van der Waals surface area contributed by atoms with Crippen LogP contribution in [0, 0.1) is 23.2 Å². The van der Waals surface area contributed by atoms with Gasteiger partial charge in [0, 0.05) is 24.4 Å². The fraction of sp³-hybridized carbons (Fsp3) is 0.900. The molecule has 5 aliphatic rings. The highest BCUT2D eigenvalue weighted by Crippen LogP contribution is 2.60. The number of hydrogen-bond acceptors (Lipinski definition) is 3. The van der Waals surface area contributed by atoms with Gasteiger partial charge in [-0.3, -0.25) is 9.59 Å². The zero-order valence-electron chi connectivity index (χ0n) is 15.6. The van der Waals surface area contributed by atoms with E-state index in [2.05, 4.69) is 22.6 Å². The van der Waals surface area contributed by atoms with Crippen LogP contribution in [0.4, 0.5) is 0 Å². The molecule has 25 heavy (non-hydrogen) atoms. The number of amides is 2. The lowest BCUT2D eigenvalue weighted by molar-refractivity contribution is -0.146. The lowest BCUT2D eigenvalue weighted by Gasteiger charge is -2.55. The van der Waals surface area contributed by atoms with Crippen molar-refractivity contribution in [3.63, 3.8) is 0 Å². The first-order valence-corrected chi connectivity index (χ1v) is 10.3. The van der Waals surface area contributed by atoms with Crippen molar-refractivity contribution in [1.29, 1.82) is 0 Å². The Morgan fingerprint density at radius 3 is 2.12 bits per heavy atom. The molecule has 1 saturated heterocycles. The maximum Gasteiger partial charge on any atom is 0.226 e. The Labute approximate surface area is 151 Å². The molecule has 1 aliphatic heterocycles. The summed E-state index contributed by atoms with van der Waals surface area (Å²) < 4.78 is 0. The fourth-order valence-electron chi connectivity index (χ4n) is 6.32. The average molecular weight is 348 g/mol. The minimum Gasteiger partial charge on any atom is -0.355 e. The summed E-state index contributed by atoms with van der Waals surface area (Å²) in [5, 5.41) is 6.24. The third-order valence-corrected chi connectivity index (χ3v) is 7.24. The van der Waals surface area contributed by atoms with Crippen LogP contribution in [0.1, 0.15) is 57.8 Å². The van der Waals surface area contributed by atoms with E-state index in [1.165, 1.54) is 19.3 Å². The van der Waals surface area contributed by atoms with Gasteiger partial charge in [0.15, 0.2) is 0 Å². The minimum atomic E-state index is -0.0980. The Kier molecular flexibility index (Phi) is 4.78. The van der Waals surface area contributed by atoms with Gasteiger partial charge in [-0.1, -0.05) is 0 Å². The average Bonchev–Trinajstić information content (AvgIpc) is 2.55. The Morgan fingerprint density at radius 1 is 1.00 bits per heavy atom. The molecule has 5 fully saturated rings. The highest BCUT2D eigenvalue weighted by Gasteiger charge is 2.54. The van der Waals surface area contributed by atoms with Crippen LogP contribution in [0.3, 0.4) is 0 Å². The lowest BCUT2D eigenvalue weighted by atomic mass is 9.49. The summed E-state index contributed by atoms with van der Waals surface area (Å²) in [6.07, 6.45) is 9.79. The first kappa shape index (κ1) is 17.3. The van der Waals surface area contributed by atoms with Gasteiger partial charge in [0.25, 0.3) is 0 Å². The summed E-state index contributed by atoms with van der Waals surface area (Å²) in [6.45, 7) is 2.58. The van der Waals surface area contributed by atoms with Gasteiger partial charge >= 0.3 is 0 Å². The molecule has 140 valence electrons. The van der Waals surface area contributed by atoms with Crippen molar-refractivity contribution < 1.29 is 9.59 Å². The van der Waals surface area contributed by atoms with E-state index in [-0.39, 0.29) is 17.2 Å². The van der Waals surface area contributed by atoms with Crippen molar-refractivity contribution >= 4 is 11.8 Å². The van der Waals surface area contributed by atoms with Gasteiger partial charge in [0.05, 0.1) is 0 Å². The molecule has 5 heteroatoms. The number of likely N-dealkylation sites (tertiary alicyclic amines) is 1. The molecule has 0 atom stereocenters. The molecule has 5 nitrogen and oxygen atoms in total. The maximum atomic E-state index is 12.9. The molecule has 4 bridgehead atoms. The van der Waals surface area contributed by atoms with E-state index in [9.17, 15) is 9.59 Å². The standard InChI is InChI=1S/C20H33N3O2/c1-23-6-3-17(4-7-23)22-18(24)2-5-21-19(25)20-11-14-8-15(12-20)10-16(9-14)13-20/h14-17H,2-13H2,1H3,(H,21,25)(H,22,24). The molecule has 0 spiro atoms. The van der Waals surface area contributed by atoms with Crippen LogP contribution in [0.5, 0.6) is 0 Å². The summed E-state index contributed by atoms with van der Waals surface area (Å²) in [5.41, 5.74) is -0.0980. The van der Waals surface area contributed by atoms with Gasteiger partial charge in [-0.25, -0.2) is 0 Å². The molecule has 4 aliphatic carbocycles. The second-order valence-corrected chi connectivity index (χ2v) is 9.35. The third-order valence-electron chi connectivity index (χ3n) is 7.24. The van der Waals surface area contributed by atoms with Crippen molar-refractivity contribution in [2.45, 2.75) is 63.8 Å². The SMILES string of the molecule is CN1CCC(NC(=O)CCNC(=O)C23CC4CC(CC(C4)C2)C3)CC1. The van der Waals surface area contributed by atoms with Gasteiger partial charge in [-0.05, 0) is 89.3 Å². The number of carbonyl (C=O) groups excluding carboxylic acids is 2. The van der Waals surface area contributed by atoms with Crippen molar-refractivity contribution in [2.24, 2.45) is 23.2 Å². The second kappa shape index (κ2) is 6.90. The van der Waals surface area contributed by atoms with Crippen molar-refractivity contribution in [1.82, 2.24) is 15.5 Å². The van der Waals surface area contributed by atoms with E-state index in [0.29, 0.717) is 19.0 Å². The Bertz CT molecular complexity index is 490. The molecule has 2 amide bonds. The van der Waals surface area contributed by atoms with Crippen LogP contribution in [-0.4, -0.2) is 49.4 Å². The predicted molar refractivity (Wildman–Crippen MR) is 96.9 cm³/mol. The van der Waals surface area contributed by atoms with E-state index in [4.69, 9.17) is 0 Å². The summed E-state index contributed by atoms with van der Waals surface area (Å²) in [5.74, 6) is 2.67. The molecule has 5 rings (SSSR count). The van der Waals surface area contributed by atoms with Gasteiger partial charge < -0.3 is 15.5 Å². The maximum absolute atomic E-state index is 12.9. The fourth-order valence-corrected chi connectivity index (χ4v) is 6.32. The molecular formula is C20H33N3O2. The van der Waals surface area contributed by atoms with E-state index < -0.39 is 0 Å². The van der Waals surface area contributed by atoms with Crippen LogP contribution in [0.15, 0.2) is 0 Å². The molecule has 0 aromatic heterocycles. The third kappa shape index (κ3) is 3.71. The zero-order valence-corrected chi connectivity index (χ0v) is 15.6. The molecule has 0 aromatic rings. The lowest BCUT2D eigenvalue weighted by Crippen LogP contribution is -2.54. The molecule has 0 unspecified atom stereocenters. The van der Waals surface area contributed by atoms with Crippen LogP contribution < -0.4 is 10.6 Å². The minimum absolute atomic E-state index is 0.0837. The van der Waals surface area contributed by atoms with E-state index >= 15 is 0 Å². The Balaban J connectivity index is 1.21. The summed E-state index contributed by atoms with van der Waals surface area (Å²) >= 11 is 0. The number of rotatable bonds is 5. The molecule has 0 aromatic carbocycles. The highest BCUT2D eigenvalue weighted by molar-refractivity contribution is 5.84. The molecule has 0 radical (unpaired) electrons. The normalized spacial score (nSPS) is 37.9. The largest absolute Gasteiger partial charge is 0.355 e. The van der Waals surface area contributed by atoms with Gasteiger partial charge in [-0.15, -0.1) is 0 Å². The number of nitrogens with one attached hydrogen (secondary N) is 2. The smallest absolute Gasteiger partial charge is 0.226 e. The molecule has 2 N–H and O–H groups in total. The molecule has 4 saturated carbocycles. The number of hydrogen-bond donors (Lipinski definition) is 2. The molecule has 1 heterocycles. The quantitative estimate of drug-likeness (QED) is 0.799. The van der Waals surface area contributed by atoms with E-state index in [1.54, 1.807) is 0 Å². The van der Waals surface area contributed by atoms with Crippen LogP contribution in [-0.2, 0) is 9.59 Å². The van der Waals surface area contributed by atoms with Crippen LogP contribution in [0.25, 0.3) is 0 Å². The van der Waals surface area contributed by atoms with Gasteiger partial charge in [0.2, 0.25) is 11.8 Å². The predicted octanol–water partition coefficient (Wildman–Crippen LogP) is 1.92. The Hall–Kier alpha value is -1.10.